The maximum Gasteiger partial charge on any atom is 0.244 e. The molecule has 25 heavy (non-hydrogen) atoms. The maximum atomic E-state index is 12.4. The zero-order valence-electron chi connectivity index (χ0n) is 15.3. The highest BCUT2D eigenvalue weighted by Crippen LogP contribution is 2.59. The van der Waals surface area contributed by atoms with E-state index in [-0.39, 0.29) is 12.5 Å². The van der Waals surface area contributed by atoms with Gasteiger partial charge in [0.1, 0.15) is 12.9 Å². The number of hydrogen-bond acceptors (Lipinski definition) is 5. The van der Waals surface area contributed by atoms with E-state index in [9.17, 15) is 4.79 Å². The molecule has 0 N–H and O–H groups in total. The van der Waals surface area contributed by atoms with Gasteiger partial charge in [-0.2, -0.15) is 0 Å². The highest BCUT2D eigenvalue weighted by molar-refractivity contribution is 5.75. The maximum absolute atomic E-state index is 12.4. The zero-order valence-corrected chi connectivity index (χ0v) is 15.3. The second-order valence-electron chi connectivity index (χ2n) is 8.34. The zero-order chi connectivity index (χ0) is 17.4. The van der Waals surface area contributed by atoms with Crippen LogP contribution < -0.4 is 0 Å². The lowest BCUT2D eigenvalue weighted by Crippen LogP contribution is -2.50. The molecule has 0 unspecified atom stereocenters. The number of tetrazole rings is 1. The Bertz CT molecular complexity index is 653. The highest BCUT2D eigenvalue weighted by atomic mass is 16.2. The van der Waals surface area contributed by atoms with Crippen LogP contribution in [-0.4, -0.2) is 68.6 Å². The predicted molar refractivity (Wildman–Crippen MR) is 93.5 cm³/mol. The van der Waals surface area contributed by atoms with E-state index in [1.54, 1.807) is 5.57 Å². The molecule has 2 bridgehead atoms. The minimum Gasteiger partial charge on any atom is -0.340 e. The fraction of sp³-hybridized carbons (Fsp3) is 0.778. The van der Waals surface area contributed by atoms with Crippen LogP contribution in [-0.2, 0) is 11.3 Å². The number of aromatic nitrogens is 4. The van der Waals surface area contributed by atoms with Gasteiger partial charge in [0.15, 0.2) is 0 Å². The van der Waals surface area contributed by atoms with Crippen molar-refractivity contribution in [3.05, 3.63) is 18.0 Å². The van der Waals surface area contributed by atoms with Crippen molar-refractivity contribution >= 4 is 5.91 Å². The van der Waals surface area contributed by atoms with Crippen LogP contribution in [0.25, 0.3) is 0 Å². The van der Waals surface area contributed by atoms with Crippen LogP contribution >= 0.6 is 0 Å². The van der Waals surface area contributed by atoms with Crippen molar-refractivity contribution < 1.29 is 4.79 Å². The van der Waals surface area contributed by atoms with Crippen LogP contribution in [0.2, 0.25) is 0 Å². The third-order valence-corrected chi connectivity index (χ3v) is 6.62. The summed E-state index contributed by atoms with van der Waals surface area (Å²) in [7, 11) is 0. The number of rotatable bonds is 4. The van der Waals surface area contributed by atoms with Crippen LogP contribution in [0.15, 0.2) is 18.0 Å². The molecule has 5 rings (SSSR count). The Morgan fingerprint density at radius 3 is 2.88 bits per heavy atom. The number of nitrogens with zero attached hydrogens (tertiary/aromatic N) is 6. The number of amides is 1. The SMILES string of the molecule is CC1(C)[C@H]2CC=C(CN3CCCN(C(=O)Cn4cnnn4)CC3)[C@@H]1C2. The van der Waals surface area contributed by atoms with E-state index >= 15 is 0 Å². The van der Waals surface area contributed by atoms with Gasteiger partial charge < -0.3 is 4.90 Å². The van der Waals surface area contributed by atoms with E-state index in [1.807, 2.05) is 4.90 Å². The van der Waals surface area contributed by atoms with Crippen molar-refractivity contribution in [2.24, 2.45) is 17.3 Å². The lowest BCUT2D eigenvalue weighted by atomic mass is 9.49. The Morgan fingerprint density at radius 1 is 1.28 bits per heavy atom. The van der Waals surface area contributed by atoms with Crippen LogP contribution in [0.4, 0.5) is 0 Å². The molecule has 3 aliphatic carbocycles. The van der Waals surface area contributed by atoms with E-state index in [2.05, 4.69) is 40.3 Å². The molecule has 2 fully saturated rings. The van der Waals surface area contributed by atoms with E-state index in [4.69, 9.17) is 0 Å². The van der Waals surface area contributed by atoms with E-state index in [1.165, 1.54) is 23.9 Å². The van der Waals surface area contributed by atoms with Crippen LogP contribution in [0.1, 0.15) is 33.1 Å². The van der Waals surface area contributed by atoms with E-state index in [0.717, 1.165) is 51.0 Å². The van der Waals surface area contributed by atoms with Gasteiger partial charge >= 0.3 is 0 Å². The van der Waals surface area contributed by atoms with Gasteiger partial charge in [-0.05, 0) is 46.9 Å². The minimum absolute atomic E-state index is 0.106. The normalized spacial score (nSPS) is 28.9. The summed E-state index contributed by atoms with van der Waals surface area (Å²) in [4.78, 5) is 16.9. The number of allylic oxidation sites excluding steroid dienone is 1. The van der Waals surface area contributed by atoms with Crippen molar-refractivity contribution in [3.8, 4) is 0 Å². The lowest BCUT2D eigenvalue weighted by molar-refractivity contribution is -0.131. The monoisotopic (exact) mass is 344 g/mol. The van der Waals surface area contributed by atoms with Gasteiger partial charge in [0, 0.05) is 32.7 Å². The third kappa shape index (κ3) is 3.21. The first-order valence-corrected chi connectivity index (χ1v) is 9.44. The summed E-state index contributed by atoms with van der Waals surface area (Å²) in [5.41, 5.74) is 2.13. The summed E-state index contributed by atoms with van der Waals surface area (Å²) >= 11 is 0. The molecule has 1 aromatic heterocycles. The van der Waals surface area contributed by atoms with E-state index in [0.29, 0.717) is 5.41 Å². The summed E-state index contributed by atoms with van der Waals surface area (Å²) < 4.78 is 1.49. The van der Waals surface area contributed by atoms with Gasteiger partial charge in [-0.15, -0.1) is 5.10 Å². The number of hydrogen-bond donors (Lipinski definition) is 0. The second kappa shape index (κ2) is 6.52. The molecule has 1 aromatic rings. The molecular weight excluding hydrogens is 316 g/mol. The molecule has 0 radical (unpaired) electrons. The molecule has 1 aliphatic heterocycles. The van der Waals surface area contributed by atoms with Gasteiger partial charge in [0.05, 0.1) is 0 Å². The Hall–Kier alpha value is -1.76. The standard InChI is InChI=1S/C18H28N6O/c1-18(2)15-5-4-14(16(18)10-15)11-22-6-3-7-23(9-8-22)17(25)12-24-13-19-20-21-24/h4,13,15-16H,3,5-12H2,1-2H3/t15-,16-/m0/s1. The summed E-state index contributed by atoms with van der Waals surface area (Å²) in [6, 6.07) is 0. The van der Waals surface area contributed by atoms with Gasteiger partial charge in [0.2, 0.25) is 5.91 Å². The van der Waals surface area contributed by atoms with Crippen molar-refractivity contribution in [2.75, 3.05) is 32.7 Å². The first kappa shape index (κ1) is 16.7. The molecule has 1 saturated heterocycles. The molecular formula is C18H28N6O. The molecule has 7 heteroatoms. The Labute approximate surface area is 149 Å². The number of carbonyl (C=O) groups is 1. The molecule has 1 amide bonds. The molecule has 2 heterocycles. The Kier molecular flexibility index (Phi) is 4.35. The van der Waals surface area contributed by atoms with Gasteiger partial charge in [0.25, 0.3) is 0 Å². The molecule has 4 aliphatic rings. The summed E-state index contributed by atoms with van der Waals surface area (Å²) in [6.07, 6.45) is 7.65. The van der Waals surface area contributed by atoms with E-state index < -0.39 is 0 Å². The largest absolute Gasteiger partial charge is 0.340 e. The lowest BCUT2D eigenvalue weighted by Gasteiger charge is -2.57. The van der Waals surface area contributed by atoms with Crippen LogP contribution in [0.3, 0.4) is 0 Å². The molecule has 2 atom stereocenters. The fourth-order valence-corrected chi connectivity index (χ4v) is 4.78. The second-order valence-corrected chi connectivity index (χ2v) is 8.34. The van der Waals surface area contributed by atoms with Crippen LogP contribution in [0, 0.1) is 17.3 Å². The smallest absolute Gasteiger partial charge is 0.244 e. The van der Waals surface area contributed by atoms with Gasteiger partial charge in [-0.25, -0.2) is 4.68 Å². The summed E-state index contributed by atoms with van der Waals surface area (Å²) in [6.45, 7) is 9.82. The van der Waals surface area contributed by atoms with Crippen molar-refractivity contribution in [1.29, 1.82) is 0 Å². The molecule has 1 saturated carbocycles. The Balaban J connectivity index is 1.31. The fourth-order valence-electron chi connectivity index (χ4n) is 4.78. The molecule has 7 nitrogen and oxygen atoms in total. The predicted octanol–water partition coefficient (Wildman–Crippen LogP) is 1.20. The first-order valence-electron chi connectivity index (χ1n) is 9.44. The third-order valence-electron chi connectivity index (χ3n) is 6.62. The van der Waals surface area contributed by atoms with Gasteiger partial charge in [-0.1, -0.05) is 25.5 Å². The van der Waals surface area contributed by atoms with Crippen LogP contribution in [0.5, 0.6) is 0 Å². The van der Waals surface area contributed by atoms with Crippen molar-refractivity contribution in [1.82, 2.24) is 30.0 Å². The first-order chi connectivity index (χ1) is 12.0. The average Bonchev–Trinajstić information content (AvgIpc) is 2.99. The molecule has 0 aromatic carbocycles. The molecule has 0 spiro atoms. The average molecular weight is 344 g/mol. The Morgan fingerprint density at radius 2 is 2.16 bits per heavy atom. The van der Waals surface area contributed by atoms with Crippen molar-refractivity contribution in [3.63, 3.8) is 0 Å². The number of fused-ring (bicyclic) bond motifs is 1. The molecule has 136 valence electrons. The quantitative estimate of drug-likeness (QED) is 0.768. The van der Waals surface area contributed by atoms with Crippen molar-refractivity contribution in [2.45, 2.75) is 39.7 Å². The summed E-state index contributed by atoms with van der Waals surface area (Å²) in [5, 5.41) is 11.0. The van der Waals surface area contributed by atoms with Gasteiger partial charge in [-0.3, -0.25) is 9.69 Å². The summed E-state index contributed by atoms with van der Waals surface area (Å²) in [5.74, 6) is 1.77. The topological polar surface area (TPSA) is 67.2 Å². The highest BCUT2D eigenvalue weighted by Gasteiger charge is 2.51. The minimum atomic E-state index is 0.106. The number of carbonyl (C=O) groups excluding carboxylic acids is 1.